The molecule has 2 heteroatoms. The summed E-state index contributed by atoms with van der Waals surface area (Å²) in [5, 5.41) is 19.0. The Labute approximate surface area is 72.5 Å². The third kappa shape index (κ3) is 1.24. The van der Waals surface area contributed by atoms with E-state index in [2.05, 4.69) is 0 Å². The second kappa shape index (κ2) is 3.05. The van der Waals surface area contributed by atoms with Gasteiger partial charge in [-0.1, -0.05) is 6.92 Å². The first-order valence-electron chi connectivity index (χ1n) is 4.09. The van der Waals surface area contributed by atoms with Gasteiger partial charge in [0.25, 0.3) is 0 Å². The number of aryl methyl sites for hydroxylation is 1. The SMILES string of the molecule is CCc1c(O)cc(C)c(C)c1O. The van der Waals surface area contributed by atoms with Crippen LogP contribution >= 0.6 is 0 Å². The maximum Gasteiger partial charge on any atom is 0.125 e. The zero-order valence-electron chi connectivity index (χ0n) is 7.68. The summed E-state index contributed by atoms with van der Waals surface area (Å²) in [5.74, 6) is 0.424. The highest BCUT2D eigenvalue weighted by Gasteiger charge is 2.09. The fraction of sp³-hybridized carbons (Fsp3) is 0.400. The summed E-state index contributed by atoms with van der Waals surface area (Å²) in [6.07, 6.45) is 0.652. The lowest BCUT2D eigenvalue weighted by molar-refractivity contribution is 0.436. The molecule has 2 nitrogen and oxygen atoms in total. The van der Waals surface area contributed by atoms with Crippen molar-refractivity contribution in [2.45, 2.75) is 27.2 Å². The van der Waals surface area contributed by atoms with Crippen LogP contribution in [0.2, 0.25) is 0 Å². The number of phenols is 2. The minimum atomic E-state index is 0.193. The van der Waals surface area contributed by atoms with E-state index in [9.17, 15) is 10.2 Å². The Morgan fingerprint density at radius 1 is 1.25 bits per heavy atom. The predicted octanol–water partition coefficient (Wildman–Crippen LogP) is 2.28. The predicted molar refractivity (Wildman–Crippen MR) is 48.6 cm³/mol. The van der Waals surface area contributed by atoms with Crippen LogP contribution in [0, 0.1) is 13.8 Å². The molecule has 0 bridgehead atoms. The van der Waals surface area contributed by atoms with E-state index < -0.39 is 0 Å². The fourth-order valence-corrected chi connectivity index (χ4v) is 1.28. The lowest BCUT2D eigenvalue weighted by Crippen LogP contribution is -1.89. The summed E-state index contributed by atoms with van der Waals surface area (Å²) in [5.41, 5.74) is 2.41. The average Bonchev–Trinajstić information content (AvgIpc) is 2.01. The Morgan fingerprint density at radius 2 is 1.83 bits per heavy atom. The molecule has 0 aliphatic heterocycles. The summed E-state index contributed by atoms with van der Waals surface area (Å²) >= 11 is 0. The van der Waals surface area contributed by atoms with E-state index in [-0.39, 0.29) is 11.5 Å². The maximum atomic E-state index is 9.60. The van der Waals surface area contributed by atoms with Crippen LogP contribution in [-0.2, 0) is 6.42 Å². The topological polar surface area (TPSA) is 40.5 Å². The van der Waals surface area contributed by atoms with Crippen molar-refractivity contribution in [2.75, 3.05) is 0 Å². The van der Waals surface area contributed by atoms with Gasteiger partial charge in [-0.3, -0.25) is 0 Å². The largest absolute Gasteiger partial charge is 0.508 e. The van der Waals surface area contributed by atoms with Crippen molar-refractivity contribution in [3.8, 4) is 11.5 Å². The Hall–Kier alpha value is -1.18. The molecular formula is C10H14O2. The molecule has 1 aromatic rings. The van der Waals surface area contributed by atoms with E-state index in [1.54, 1.807) is 6.07 Å². The maximum absolute atomic E-state index is 9.60. The molecule has 0 radical (unpaired) electrons. The van der Waals surface area contributed by atoms with Crippen molar-refractivity contribution < 1.29 is 10.2 Å². The molecule has 2 N–H and O–H groups in total. The van der Waals surface area contributed by atoms with Gasteiger partial charge >= 0.3 is 0 Å². The van der Waals surface area contributed by atoms with Gasteiger partial charge in [0, 0.05) is 5.56 Å². The lowest BCUT2D eigenvalue weighted by Gasteiger charge is -2.09. The van der Waals surface area contributed by atoms with Gasteiger partial charge < -0.3 is 10.2 Å². The minimum Gasteiger partial charge on any atom is -0.508 e. The van der Waals surface area contributed by atoms with E-state index in [4.69, 9.17) is 0 Å². The third-order valence-corrected chi connectivity index (χ3v) is 2.25. The number of rotatable bonds is 1. The zero-order valence-corrected chi connectivity index (χ0v) is 7.68. The molecule has 0 fully saturated rings. The first kappa shape index (κ1) is 8.91. The van der Waals surface area contributed by atoms with Crippen molar-refractivity contribution >= 4 is 0 Å². The van der Waals surface area contributed by atoms with Gasteiger partial charge in [0.1, 0.15) is 11.5 Å². The highest BCUT2D eigenvalue weighted by molar-refractivity contribution is 5.51. The second-order valence-electron chi connectivity index (χ2n) is 3.02. The smallest absolute Gasteiger partial charge is 0.125 e. The van der Waals surface area contributed by atoms with Crippen LogP contribution < -0.4 is 0 Å². The average molecular weight is 166 g/mol. The van der Waals surface area contributed by atoms with Crippen molar-refractivity contribution in [3.63, 3.8) is 0 Å². The van der Waals surface area contributed by atoms with E-state index in [0.29, 0.717) is 12.0 Å². The van der Waals surface area contributed by atoms with Gasteiger partial charge in [0.05, 0.1) is 0 Å². The standard InChI is InChI=1S/C10H14O2/c1-4-8-9(11)5-6(2)7(3)10(8)12/h5,11-12H,4H2,1-3H3. The monoisotopic (exact) mass is 166 g/mol. The molecule has 0 aromatic heterocycles. The molecule has 0 saturated heterocycles. The Morgan fingerprint density at radius 3 is 2.33 bits per heavy atom. The Bertz CT molecular complexity index is 303. The summed E-state index contributed by atoms with van der Waals surface area (Å²) in [4.78, 5) is 0. The molecule has 0 heterocycles. The molecule has 1 rings (SSSR count). The second-order valence-corrected chi connectivity index (χ2v) is 3.02. The van der Waals surface area contributed by atoms with Gasteiger partial charge in [0.2, 0.25) is 0 Å². The summed E-state index contributed by atoms with van der Waals surface area (Å²) in [6.45, 7) is 5.63. The van der Waals surface area contributed by atoms with E-state index in [0.717, 1.165) is 11.1 Å². The number of phenolic OH excluding ortho intramolecular Hbond substituents is 2. The summed E-state index contributed by atoms with van der Waals surface area (Å²) < 4.78 is 0. The van der Waals surface area contributed by atoms with E-state index in [1.165, 1.54) is 0 Å². The normalized spacial score (nSPS) is 10.2. The number of hydrogen-bond acceptors (Lipinski definition) is 2. The first-order valence-corrected chi connectivity index (χ1v) is 4.09. The fourth-order valence-electron chi connectivity index (χ4n) is 1.28. The van der Waals surface area contributed by atoms with Gasteiger partial charge in [0.15, 0.2) is 0 Å². The summed E-state index contributed by atoms with van der Waals surface area (Å²) in [6, 6.07) is 1.69. The van der Waals surface area contributed by atoms with Crippen LogP contribution in [0.4, 0.5) is 0 Å². The van der Waals surface area contributed by atoms with Gasteiger partial charge in [-0.15, -0.1) is 0 Å². The van der Waals surface area contributed by atoms with Gasteiger partial charge in [-0.05, 0) is 37.5 Å². The van der Waals surface area contributed by atoms with E-state index in [1.807, 2.05) is 20.8 Å². The van der Waals surface area contributed by atoms with Crippen LogP contribution in [0.15, 0.2) is 6.07 Å². The molecule has 66 valence electrons. The molecule has 0 saturated carbocycles. The Kier molecular flexibility index (Phi) is 2.27. The third-order valence-electron chi connectivity index (χ3n) is 2.25. The van der Waals surface area contributed by atoms with Crippen molar-refractivity contribution in [1.82, 2.24) is 0 Å². The molecule has 0 unspecified atom stereocenters. The first-order chi connectivity index (χ1) is 5.57. The van der Waals surface area contributed by atoms with Crippen molar-refractivity contribution in [3.05, 3.63) is 22.8 Å². The molecule has 1 aromatic carbocycles. The lowest BCUT2D eigenvalue weighted by atomic mass is 10.0. The zero-order chi connectivity index (χ0) is 9.30. The van der Waals surface area contributed by atoms with Crippen molar-refractivity contribution in [2.24, 2.45) is 0 Å². The molecule has 0 amide bonds. The number of aromatic hydroxyl groups is 2. The highest BCUT2D eigenvalue weighted by atomic mass is 16.3. The van der Waals surface area contributed by atoms with Crippen molar-refractivity contribution in [1.29, 1.82) is 0 Å². The molecule has 12 heavy (non-hydrogen) atoms. The quantitative estimate of drug-likeness (QED) is 0.672. The highest BCUT2D eigenvalue weighted by Crippen LogP contribution is 2.32. The molecule has 0 aliphatic rings. The van der Waals surface area contributed by atoms with Crippen LogP contribution in [-0.4, -0.2) is 10.2 Å². The number of benzene rings is 1. The molecule has 0 atom stereocenters. The molecular weight excluding hydrogens is 152 g/mol. The van der Waals surface area contributed by atoms with Crippen LogP contribution in [0.5, 0.6) is 11.5 Å². The molecule has 0 spiro atoms. The van der Waals surface area contributed by atoms with Gasteiger partial charge in [-0.2, -0.15) is 0 Å². The molecule has 0 aliphatic carbocycles. The Balaban J connectivity index is 3.40. The number of hydrogen-bond donors (Lipinski definition) is 2. The van der Waals surface area contributed by atoms with Crippen LogP contribution in [0.3, 0.4) is 0 Å². The summed E-state index contributed by atoms with van der Waals surface area (Å²) in [7, 11) is 0. The van der Waals surface area contributed by atoms with E-state index >= 15 is 0 Å². The van der Waals surface area contributed by atoms with Crippen LogP contribution in [0.1, 0.15) is 23.6 Å². The minimum absolute atomic E-state index is 0.193. The van der Waals surface area contributed by atoms with Crippen LogP contribution in [0.25, 0.3) is 0 Å². The van der Waals surface area contributed by atoms with Gasteiger partial charge in [-0.25, -0.2) is 0 Å².